The van der Waals surface area contributed by atoms with Gasteiger partial charge in [-0.3, -0.25) is 19.8 Å². The van der Waals surface area contributed by atoms with Crippen molar-refractivity contribution < 1.29 is 24.6 Å². The van der Waals surface area contributed by atoms with Gasteiger partial charge in [-0.05, 0) is 65.9 Å². The van der Waals surface area contributed by atoms with Crippen molar-refractivity contribution in [2.24, 2.45) is 0 Å². The third-order valence-electron chi connectivity index (χ3n) is 7.73. The van der Waals surface area contributed by atoms with E-state index in [0.717, 1.165) is 48.3 Å². The molecule has 3 amide bonds. The Morgan fingerprint density at radius 1 is 0.875 bits per heavy atom. The van der Waals surface area contributed by atoms with Gasteiger partial charge in [0.2, 0.25) is 0 Å². The minimum Gasteiger partial charge on any atom is -0.395 e. The maximum Gasteiger partial charge on any atom is 0.324 e. The maximum atomic E-state index is 13.6. The molecule has 40 heavy (non-hydrogen) atoms. The minimum atomic E-state index is -0.582. The van der Waals surface area contributed by atoms with Crippen LogP contribution in [-0.4, -0.2) is 77.5 Å². The molecule has 0 radical (unpaired) electrons. The van der Waals surface area contributed by atoms with Gasteiger partial charge in [-0.2, -0.15) is 0 Å². The largest absolute Gasteiger partial charge is 0.395 e. The molecule has 9 nitrogen and oxygen atoms in total. The lowest BCUT2D eigenvalue weighted by molar-refractivity contribution is 0.0548. The molecule has 0 spiro atoms. The summed E-state index contributed by atoms with van der Waals surface area (Å²) in [6.07, 6.45) is 2.19. The molecule has 9 heteroatoms. The topological polar surface area (TPSA) is 106 Å². The predicted octanol–water partition coefficient (Wildman–Crippen LogP) is 3.89. The van der Waals surface area contributed by atoms with Crippen LogP contribution in [0.4, 0.5) is 10.5 Å². The molecule has 0 bridgehead atoms. The van der Waals surface area contributed by atoms with Gasteiger partial charge >= 0.3 is 6.03 Å². The molecule has 1 atom stereocenters. The number of ether oxygens (including phenoxy) is 1. The lowest BCUT2D eigenvalue weighted by Gasteiger charge is -2.33. The molecule has 2 saturated heterocycles. The van der Waals surface area contributed by atoms with Crippen LogP contribution in [0.2, 0.25) is 0 Å². The van der Waals surface area contributed by atoms with E-state index in [9.17, 15) is 14.7 Å². The summed E-state index contributed by atoms with van der Waals surface area (Å²) in [5.74, 6) is -0.582. The van der Waals surface area contributed by atoms with Crippen LogP contribution in [0.5, 0.6) is 0 Å². The molecule has 3 N–H and O–H groups in total. The molecule has 2 aliphatic rings. The molecular formula is C31H36N4O5. The molecule has 2 fully saturated rings. The zero-order chi connectivity index (χ0) is 27.9. The highest BCUT2D eigenvalue weighted by Crippen LogP contribution is 2.27. The second-order valence-corrected chi connectivity index (χ2v) is 10.3. The van der Waals surface area contributed by atoms with Crippen LogP contribution < -0.4 is 10.4 Å². The van der Waals surface area contributed by atoms with Crippen molar-refractivity contribution in [1.29, 1.82) is 0 Å². The first kappa shape index (κ1) is 27.8. The molecule has 0 unspecified atom stereocenters. The zero-order valence-electron chi connectivity index (χ0n) is 22.5. The van der Waals surface area contributed by atoms with Gasteiger partial charge in [0.15, 0.2) is 0 Å². The summed E-state index contributed by atoms with van der Waals surface area (Å²) in [5.41, 5.74) is 6.99. The van der Waals surface area contributed by atoms with E-state index in [-0.39, 0.29) is 18.7 Å². The van der Waals surface area contributed by atoms with Crippen LogP contribution in [0.3, 0.4) is 0 Å². The maximum absolute atomic E-state index is 13.6. The molecule has 5 rings (SSSR count). The van der Waals surface area contributed by atoms with Gasteiger partial charge in [-0.15, -0.1) is 0 Å². The van der Waals surface area contributed by atoms with Gasteiger partial charge in [0.05, 0.1) is 26.4 Å². The monoisotopic (exact) mass is 544 g/mol. The number of hydroxylamine groups is 1. The van der Waals surface area contributed by atoms with Crippen LogP contribution in [0.25, 0.3) is 11.1 Å². The van der Waals surface area contributed by atoms with E-state index in [0.29, 0.717) is 38.4 Å². The van der Waals surface area contributed by atoms with E-state index in [2.05, 4.69) is 29.2 Å². The number of hydrogen-bond acceptors (Lipinski definition) is 6. The average Bonchev–Trinajstić information content (AvgIpc) is 3.47. The summed E-state index contributed by atoms with van der Waals surface area (Å²) in [6.45, 7) is 4.50. The quantitative estimate of drug-likeness (QED) is 0.294. The third kappa shape index (κ3) is 6.51. The van der Waals surface area contributed by atoms with E-state index in [1.54, 1.807) is 39.5 Å². The number of anilines is 1. The smallest absolute Gasteiger partial charge is 0.324 e. The van der Waals surface area contributed by atoms with Gasteiger partial charge in [0.25, 0.3) is 5.91 Å². The molecular weight excluding hydrogens is 508 g/mol. The van der Waals surface area contributed by atoms with Gasteiger partial charge in [0, 0.05) is 36.9 Å². The standard InChI is InChI=1S/C31H36N4O5/c36-22-29-2-1-15-34(29)20-23-3-7-25(8-4-23)26-11-13-28(14-12-26)35(31(38)33-16-18-40-19-17-33)21-24-5-9-27(10-6-24)30(37)32-39/h3-14,29,36,39H,1-2,15-22H2,(H,32,37)/t29-/m0/s1. The summed E-state index contributed by atoms with van der Waals surface area (Å²) in [6, 6.07) is 23.5. The Bertz CT molecular complexity index is 1270. The number of rotatable bonds is 8. The number of nitrogens with one attached hydrogen (secondary N) is 1. The van der Waals surface area contributed by atoms with E-state index in [1.807, 2.05) is 24.3 Å². The summed E-state index contributed by atoms with van der Waals surface area (Å²) < 4.78 is 5.44. The number of morpholine rings is 1. The van der Waals surface area contributed by atoms with E-state index < -0.39 is 5.91 Å². The highest BCUT2D eigenvalue weighted by Gasteiger charge is 2.25. The van der Waals surface area contributed by atoms with E-state index in [4.69, 9.17) is 9.94 Å². The lowest BCUT2D eigenvalue weighted by Crippen LogP contribution is -2.48. The number of carbonyl (C=O) groups excluding carboxylic acids is 2. The van der Waals surface area contributed by atoms with Crippen molar-refractivity contribution in [1.82, 2.24) is 15.3 Å². The van der Waals surface area contributed by atoms with Crippen molar-refractivity contribution in [3.8, 4) is 11.1 Å². The molecule has 2 aliphatic heterocycles. The Hall–Kier alpha value is -3.76. The Morgan fingerprint density at radius 3 is 2.12 bits per heavy atom. The second kappa shape index (κ2) is 13.1. The van der Waals surface area contributed by atoms with Crippen LogP contribution in [0.1, 0.15) is 34.3 Å². The summed E-state index contributed by atoms with van der Waals surface area (Å²) in [5, 5.41) is 18.5. The van der Waals surface area contributed by atoms with E-state index in [1.165, 1.54) is 5.56 Å². The zero-order valence-corrected chi connectivity index (χ0v) is 22.5. The minimum absolute atomic E-state index is 0.0966. The van der Waals surface area contributed by atoms with Gasteiger partial charge in [0.1, 0.15) is 0 Å². The second-order valence-electron chi connectivity index (χ2n) is 10.3. The summed E-state index contributed by atoms with van der Waals surface area (Å²) in [7, 11) is 0. The van der Waals surface area contributed by atoms with Crippen LogP contribution in [-0.2, 0) is 17.8 Å². The van der Waals surface area contributed by atoms with Crippen molar-refractivity contribution in [3.05, 3.63) is 89.5 Å². The molecule has 3 aromatic rings. The van der Waals surface area contributed by atoms with Gasteiger partial charge < -0.3 is 14.7 Å². The Balaban J connectivity index is 1.32. The molecule has 210 valence electrons. The number of aliphatic hydroxyl groups is 1. The highest BCUT2D eigenvalue weighted by molar-refractivity contribution is 5.94. The number of nitrogens with zero attached hydrogens (tertiary/aromatic N) is 3. The number of carbonyl (C=O) groups is 2. The number of amides is 3. The molecule has 2 heterocycles. The van der Waals surface area contributed by atoms with Crippen molar-refractivity contribution in [3.63, 3.8) is 0 Å². The lowest BCUT2D eigenvalue weighted by atomic mass is 10.0. The van der Waals surface area contributed by atoms with E-state index >= 15 is 0 Å². The molecule has 0 aromatic heterocycles. The first-order chi connectivity index (χ1) is 19.6. The van der Waals surface area contributed by atoms with Crippen molar-refractivity contribution in [2.75, 3.05) is 44.4 Å². The predicted molar refractivity (Wildman–Crippen MR) is 152 cm³/mol. The first-order valence-corrected chi connectivity index (χ1v) is 13.8. The third-order valence-corrected chi connectivity index (χ3v) is 7.73. The van der Waals surface area contributed by atoms with Crippen LogP contribution in [0.15, 0.2) is 72.8 Å². The van der Waals surface area contributed by atoms with Crippen molar-refractivity contribution >= 4 is 17.6 Å². The SMILES string of the molecule is O=C(NO)c1ccc(CN(C(=O)N2CCOCC2)c2ccc(-c3ccc(CN4CCC[C@H]4CO)cc3)cc2)cc1. The van der Waals surface area contributed by atoms with Crippen molar-refractivity contribution in [2.45, 2.75) is 32.0 Å². The molecule has 0 aliphatic carbocycles. The van der Waals surface area contributed by atoms with Crippen LogP contribution >= 0.6 is 0 Å². The fourth-order valence-corrected chi connectivity index (χ4v) is 5.38. The van der Waals surface area contributed by atoms with Gasteiger partial charge in [-0.25, -0.2) is 10.3 Å². The van der Waals surface area contributed by atoms with Gasteiger partial charge in [-0.1, -0.05) is 48.5 Å². The Kier molecular flexibility index (Phi) is 9.08. The average molecular weight is 545 g/mol. The first-order valence-electron chi connectivity index (χ1n) is 13.8. The number of hydrogen-bond donors (Lipinski definition) is 3. The number of likely N-dealkylation sites (tertiary alicyclic amines) is 1. The normalized spacial score (nSPS) is 17.6. The number of aliphatic hydroxyl groups excluding tert-OH is 1. The Labute approximate surface area is 234 Å². The fourth-order valence-electron chi connectivity index (χ4n) is 5.38. The summed E-state index contributed by atoms with van der Waals surface area (Å²) >= 11 is 0. The Morgan fingerprint density at radius 2 is 1.50 bits per heavy atom. The van der Waals surface area contributed by atoms with Crippen LogP contribution in [0, 0.1) is 0 Å². The molecule has 3 aromatic carbocycles. The highest BCUT2D eigenvalue weighted by atomic mass is 16.5. The number of urea groups is 1. The molecule has 0 saturated carbocycles. The number of benzene rings is 3. The summed E-state index contributed by atoms with van der Waals surface area (Å²) in [4.78, 5) is 31.2. The fraction of sp³-hybridized carbons (Fsp3) is 0.355.